The van der Waals surface area contributed by atoms with Gasteiger partial charge in [0.2, 0.25) is 0 Å². The molecule has 5 nitrogen and oxygen atoms in total. The van der Waals surface area contributed by atoms with Crippen LogP contribution in [0.2, 0.25) is 5.02 Å². The molecule has 1 amide bonds. The highest BCUT2D eigenvalue weighted by atomic mass is 35.5. The van der Waals surface area contributed by atoms with Gasteiger partial charge in [-0.1, -0.05) is 11.6 Å². The maximum absolute atomic E-state index is 11.8. The Kier molecular flexibility index (Phi) is 3.84. The fraction of sp³-hybridized carbons (Fsp3) is 0.333. The van der Waals surface area contributed by atoms with Crippen molar-refractivity contribution in [1.82, 2.24) is 0 Å². The average Bonchev–Trinajstić information content (AvgIpc) is 2.81. The van der Waals surface area contributed by atoms with Gasteiger partial charge in [-0.15, -0.1) is 0 Å². The van der Waals surface area contributed by atoms with E-state index in [0.717, 1.165) is 6.42 Å². The zero-order valence-electron chi connectivity index (χ0n) is 9.48. The van der Waals surface area contributed by atoms with Crippen molar-refractivity contribution in [3.05, 3.63) is 28.8 Å². The maximum atomic E-state index is 11.8. The standard InChI is InChI=1S/C12H12ClNO4/c13-8-4-7(12(16)17)5-9(6-8)14-11(15)10-2-1-3-18-10/h4-6,10H,1-3H2,(H,14,15)(H,16,17)/t10-/m1/s1. The van der Waals surface area contributed by atoms with Gasteiger partial charge in [0, 0.05) is 17.3 Å². The highest BCUT2D eigenvalue weighted by Crippen LogP contribution is 2.21. The molecule has 1 atom stereocenters. The number of carbonyl (C=O) groups excluding carboxylic acids is 1. The molecule has 96 valence electrons. The lowest BCUT2D eigenvalue weighted by Gasteiger charge is -2.11. The van der Waals surface area contributed by atoms with Gasteiger partial charge in [0.05, 0.1) is 5.56 Å². The van der Waals surface area contributed by atoms with Crippen molar-refractivity contribution >= 4 is 29.2 Å². The van der Waals surface area contributed by atoms with Crippen LogP contribution in [-0.2, 0) is 9.53 Å². The fourth-order valence-electron chi connectivity index (χ4n) is 1.79. The Balaban J connectivity index is 2.13. The van der Waals surface area contributed by atoms with Gasteiger partial charge in [-0.2, -0.15) is 0 Å². The van der Waals surface area contributed by atoms with Crippen LogP contribution in [-0.4, -0.2) is 29.7 Å². The van der Waals surface area contributed by atoms with E-state index in [2.05, 4.69) is 5.32 Å². The van der Waals surface area contributed by atoms with E-state index in [1.807, 2.05) is 0 Å². The van der Waals surface area contributed by atoms with Gasteiger partial charge in [-0.3, -0.25) is 4.79 Å². The van der Waals surface area contributed by atoms with Crippen molar-refractivity contribution < 1.29 is 19.4 Å². The van der Waals surface area contributed by atoms with E-state index in [-0.39, 0.29) is 16.5 Å². The fourth-order valence-corrected chi connectivity index (χ4v) is 2.03. The summed E-state index contributed by atoms with van der Waals surface area (Å²) >= 11 is 5.79. The Morgan fingerprint density at radius 3 is 2.78 bits per heavy atom. The number of nitrogens with one attached hydrogen (secondary N) is 1. The second kappa shape index (κ2) is 5.37. The first-order valence-electron chi connectivity index (χ1n) is 5.52. The van der Waals surface area contributed by atoms with Gasteiger partial charge < -0.3 is 15.2 Å². The largest absolute Gasteiger partial charge is 0.478 e. The van der Waals surface area contributed by atoms with Crippen LogP contribution < -0.4 is 5.32 Å². The minimum Gasteiger partial charge on any atom is -0.478 e. The number of hydrogen-bond donors (Lipinski definition) is 2. The second-order valence-corrected chi connectivity index (χ2v) is 4.46. The second-order valence-electron chi connectivity index (χ2n) is 4.02. The average molecular weight is 270 g/mol. The third kappa shape index (κ3) is 3.00. The predicted octanol–water partition coefficient (Wildman–Crippen LogP) is 2.16. The Hall–Kier alpha value is -1.59. The number of halogens is 1. The van der Waals surface area contributed by atoms with Crippen molar-refractivity contribution in [2.45, 2.75) is 18.9 Å². The molecule has 0 bridgehead atoms. The molecule has 1 fully saturated rings. The van der Waals surface area contributed by atoms with Gasteiger partial charge in [0.15, 0.2) is 0 Å². The summed E-state index contributed by atoms with van der Waals surface area (Å²) in [5.41, 5.74) is 0.394. The molecule has 0 radical (unpaired) electrons. The van der Waals surface area contributed by atoms with Crippen molar-refractivity contribution in [3.63, 3.8) is 0 Å². The first-order valence-corrected chi connectivity index (χ1v) is 5.90. The van der Waals surface area contributed by atoms with Crippen molar-refractivity contribution in [2.75, 3.05) is 11.9 Å². The van der Waals surface area contributed by atoms with E-state index in [1.54, 1.807) is 0 Å². The number of ether oxygens (including phenoxy) is 1. The Bertz CT molecular complexity index is 483. The zero-order valence-corrected chi connectivity index (χ0v) is 10.2. The summed E-state index contributed by atoms with van der Waals surface area (Å²) in [6.07, 6.45) is 1.07. The Labute approximate surface area is 109 Å². The van der Waals surface area contributed by atoms with Crippen LogP contribution in [0.1, 0.15) is 23.2 Å². The van der Waals surface area contributed by atoms with Crippen molar-refractivity contribution in [2.24, 2.45) is 0 Å². The topological polar surface area (TPSA) is 75.6 Å². The van der Waals surface area contributed by atoms with Crippen LogP contribution >= 0.6 is 11.6 Å². The third-order valence-electron chi connectivity index (χ3n) is 2.63. The van der Waals surface area contributed by atoms with E-state index in [1.165, 1.54) is 18.2 Å². The number of benzene rings is 1. The molecule has 2 rings (SSSR count). The summed E-state index contributed by atoms with van der Waals surface area (Å²) in [5.74, 6) is -1.36. The molecule has 1 aromatic carbocycles. The number of amides is 1. The smallest absolute Gasteiger partial charge is 0.335 e. The van der Waals surface area contributed by atoms with Gasteiger partial charge in [-0.25, -0.2) is 4.79 Å². The summed E-state index contributed by atoms with van der Waals surface area (Å²) in [4.78, 5) is 22.6. The number of carboxylic acid groups (broad SMARTS) is 1. The van der Waals surface area contributed by atoms with Crippen molar-refractivity contribution in [3.8, 4) is 0 Å². The molecule has 0 aromatic heterocycles. The highest BCUT2D eigenvalue weighted by molar-refractivity contribution is 6.31. The van der Waals surface area contributed by atoms with Gasteiger partial charge >= 0.3 is 5.97 Å². The molecular weight excluding hydrogens is 258 g/mol. The SMILES string of the molecule is O=C(O)c1cc(Cl)cc(NC(=O)[C@H]2CCCO2)c1. The Morgan fingerprint density at radius 2 is 2.17 bits per heavy atom. The number of hydrogen-bond acceptors (Lipinski definition) is 3. The summed E-state index contributed by atoms with van der Waals surface area (Å²) in [6.45, 7) is 0.577. The molecule has 0 saturated carbocycles. The van der Waals surface area contributed by atoms with Crippen LogP contribution in [0.4, 0.5) is 5.69 Å². The number of aromatic carboxylic acids is 1. The van der Waals surface area contributed by atoms with Gasteiger partial charge in [0.25, 0.3) is 5.91 Å². The molecule has 0 aliphatic carbocycles. The van der Waals surface area contributed by atoms with Crippen LogP contribution in [0.3, 0.4) is 0 Å². The van der Waals surface area contributed by atoms with Crippen LogP contribution in [0, 0.1) is 0 Å². The molecule has 1 saturated heterocycles. The molecule has 2 N–H and O–H groups in total. The maximum Gasteiger partial charge on any atom is 0.335 e. The summed E-state index contributed by atoms with van der Waals surface area (Å²) < 4.78 is 5.23. The Morgan fingerprint density at radius 1 is 1.39 bits per heavy atom. The number of anilines is 1. The van der Waals surface area contributed by atoms with E-state index in [9.17, 15) is 9.59 Å². The molecule has 0 spiro atoms. The minimum absolute atomic E-state index is 0.0325. The molecule has 1 heterocycles. The van der Waals surface area contributed by atoms with Crippen LogP contribution in [0.25, 0.3) is 0 Å². The van der Waals surface area contributed by atoms with E-state index in [0.29, 0.717) is 18.7 Å². The summed E-state index contributed by atoms with van der Waals surface area (Å²) in [7, 11) is 0. The van der Waals surface area contributed by atoms with Crippen LogP contribution in [0.5, 0.6) is 0 Å². The number of carboxylic acids is 1. The van der Waals surface area contributed by atoms with E-state index < -0.39 is 12.1 Å². The quantitative estimate of drug-likeness (QED) is 0.882. The lowest BCUT2D eigenvalue weighted by atomic mass is 10.2. The van der Waals surface area contributed by atoms with E-state index in [4.69, 9.17) is 21.4 Å². The normalized spacial score (nSPS) is 18.6. The molecule has 1 aliphatic rings. The molecule has 6 heteroatoms. The molecule has 1 aromatic rings. The van der Waals surface area contributed by atoms with Gasteiger partial charge in [0.1, 0.15) is 6.10 Å². The number of carbonyl (C=O) groups is 2. The number of rotatable bonds is 3. The predicted molar refractivity (Wildman–Crippen MR) is 66.0 cm³/mol. The molecule has 1 aliphatic heterocycles. The molecule has 18 heavy (non-hydrogen) atoms. The van der Waals surface area contributed by atoms with Crippen LogP contribution in [0.15, 0.2) is 18.2 Å². The molecular formula is C12H12ClNO4. The monoisotopic (exact) mass is 269 g/mol. The lowest BCUT2D eigenvalue weighted by Crippen LogP contribution is -2.26. The van der Waals surface area contributed by atoms with E-state index >= 15 is 0 Å². The van der Waals surface area contributed by atoms with Crippen molar-refractivity contribution in [1.29, 1.82) is 0 Å². The van der Waals surface area contributed by atoms with Gasteiger partial charge in [-0.05, 0) is 31.0 Å². The molecule has 0 unspecified atom stereocenters. The first kappa shape index (κ1) is 12.9. The minimum atomic E-state index is -1.09. The highest BCUT2D eigenvalue weighted by Gasteiger charge is 2.23. The summed E-state index contributed by atoms with van der Waals surface area (Å²) in [6, 6.07) is 4.19. The summed E-state index contributed by atoms with van der Waals surface area (Å²) in [5, 5.41) is 11.8. The lowest BCUT2D eigenvalue weighted by molar-refractivity contribution is -0.124. The zero-order chi connectivity index (χ0) is 13.1. The first-order chi connectivity index (χ1) is 8.56. The third-order valence-corrected chi connectivity index (χ3v) is 2.85.